The minimum Gasteiger partial charge on any atom is -0.364 e. The lowest BCUT2D eigenvalue weighted by Gasteiger charge is -2.41. The SMILES string of the molecule is C[C@@H]1CNC[C@H](C)N1c1ccc(-c2cnc3c(-c4cccc(C(C)(F)F)c4)cnn3c2)cc1. The van der Waals surface area contributed by atoms with Crippen LogP contribution in [0.1, 0.15) is 26.3 Å². The van der Waals surface area contributed by atoms with Crippen molar-refractivity contribution < 1.29 is 8.78 Å². The summed E-state index contributed by atoms with van der Waals surface area (Å²) < 4.78 is 29.3. The molecule has 5 rings (SSSR count). The van der Waals surface area contributed by atoms with E-state index in [-0.39, 0.29) is 5.56 Å². The summed E-state index contributed by atoms with van der Waals surface area (Å²) in [5, 5.41) is 7.90. The molecule has 1 N–H and O–H groups in total. The fourth-order valence-corrected chi connectivity index (χ4v) is 4.65. The molecule has 1 aliphatic heterocycles. The highest BCUT2D eigenvalue weighted by Crippen LogP contribution is 2.32. The van der Waals surface area contributed by atoms with Crippen LogP contribution in [0.2, 0.25) is 0 Å². The van der Waals surface area contributed by atoms with E-state index in [4.69, 9.17) is 0 Å². The second kappa shape index (κ2) is 8.23. The first kappa shape index (κ1) is 21.5. The van der Waals surface area contributed by atoms with E-state index in [9.17, 15) is 8.78 Å². The summed E-state index contributed by atoms with van der Waals surface area (Å²) >= 11 is 0. The molecular formula is C26H27F2N5. The van der Waals surface area contributed by atoms with Gasteiger partial charge in [0.1, 0.15) is 0 Å². The molecule has 0 unspecified atom stereocenters. The highest BCUT2D eigenvalue weighted by atomic mass is 19.3. The molecule has 3 heterocycles. The van der Waals surface area contributed by atoms with Gasteiger partial charge >= 0.3 is 0 Å². The Morgan fingerprint density at radius 1 is 0.939 bits per heavy atom. The number of hydrogen-bond donors (Lipinski definition) is 1. The zero-order chi connectivity index (χ0) is 23.2. The molecular weight excluding hydrogens is 420 g/mol. The lowest BCUT2D eigenvalue weighted by molar-refractivity contribution is 0.0175. The molecule has 7 heteroatoms. The monoisotopic (exact) mass is 447 g/mol. The number of piperazine rings is 1. The van der Waals surface area contributed by atoms with Gasteiger partial charge in [0.05, 0.1) is 6.20 Å². The van der Waals surface area contributed by atoms with E-state index < -0.39 is 5.92 Å². The molecule has 0 radical (unpaired) electrons. The Morgan fingerprint density at radius 2 is 1.67 bits per heavy atom. The fraction of sp³-hybridized carbons (Fsp3) is 0.308. The summed E-state index contributed by atoms with van der Waals surface area (Å²) in [5.41, 5.74) is 5.22. The molecule has 2 atom stereocenters. The molecule has 0 bridgehead atoms. The topological polar surface area (TPSA) is 45.5 Å². The minimum atomic E-state index is -2.90. The van der Waals surface area contributed by atoms with E-state index in [1.807, 2.05) is 12.4 Å². The Bertz CT molecular complexity index is 1270. The summed E-state index contributed by atoms with van der Waals surface area (Å²) in [7, 11) is 0. The van der Waals surface area contributed by atoms with Crippen molar-refractivity contribution in [3.63, 3.8) is 0 Å². The Kier molecular flexibility index (Phi) is 5.37. The summed E-state index contributed by atoms with van der Waals surface area (Å²) in [6, 6.07) is 15.8. The molecule has 1 fully saturated rings. The quantitative estimate of drug-likeness (QED) is 0.457. The molecule has 1 aliphatic rings. The average Bonchev–Trinajstić information content (AvgIpc) is 3.22. The number of halogens is 2. The first-order valence-corrected chi connectivity index (χ1v) is 11.2. The molecule has 0 spiro atoms. The number of benzene rings is 2. The zero-order valence-corrected chi connectivity index (χ0v) is 19.0. The number of aromatic nitrogens is 3. The lowest BCUT2D eigenvalue weighted by atomic mass is 10.0. The summed E-state index contributed by atoms with van der Waals surface area (Å²) in [6.07, 6.45) is 5.41. The van der Waals surface area contributed by atoms with E-state index in [1.165, 1.54) is 17.8 Å². The van der Waals surface area contributed by atoms with Crippen LogP contribution in [-0.4, -0.2) is 39.8 Å². The molecule has 2 aromatic heterocycles. The smallest absolute Gasteiger partial charge is 0.270 e. The predicted molar refractivity (Wildman–Crippen MR) is 128 cm³/mol. The van der Waals surface area contributed by atoms with Crippen LogP contribution in [0.5, 0.6) is 0 Å². The number of hydrogen-bond acceptors (Lipinski definition) is 4. The van der Waals surface area contributed by atoms with Crippen LogP contribution >= 0.6 is 0 Å². The van der Waals surface area contributed by atoms with Crippen LogP contribution in [0, 0.1) is 0 Å². The Balaban J connectivity index is 1.44. The molecule has 33 heavy (non-hydrogen) atoms. The van der Waals surface area contributed by atoms with Crippen molar-refractivity contribution in [2.45, 2.75) is 38.8 Å². The van der Waals surface area contributed by atoms with Gasteiger partial charge in [-0.1, -0.05) is 30.3 Å². The van der Waals surface area contributed by atoms with Gasteiger partial charge < -0.3 is 10.2 Å². The summed E-state index contributed by atoms with van der Waals surface area (Å²) in [5.74, 6) is -2.90. The molecule has 2 aromatic carbocycles. The van der Waals surface area contributed by atoms with Crippen LogP contribution in [0.4, 0.5) is 14.5 Å². The molecule has 1 saturated heterocycles. The number of alkyl halides is 2. The Morgan fingerprint density at radius 3 is 2.36 bits per heavy atom. The number of nitrogens with zero attached hydrogens (tertiary/aromatic N) is 4. The highest BCUT2D eigenvalue weighted by molar-refractivity contribution is 5.78. The van der Waals surface area contributed by atoms with Gasteiger partial charge in [0.15, 0.2) is 5.65 Å². The first-order chi connectivity index (χ1) is 15.8. The van der Waals surface area contributed by atoms with Gasteiger partial charge in [-0.15, -0.1) is 0 Å². The molecule has 0 amide bonds. The third kappa shape index (κ3) is 4.09. The van der Waals surface area contributed by atoms with Crippen molar-refractivity contribution in [3.8, 4) is 22.3 Å². The maximum atomic E-state index is 13.8. The van der Waals surface area contributed by atoms with Crippen molar-refractivity contribution in [2.24, 2.45) is 0 Å². The van der Waals surface area contributed by atoms with E-state index in [0.29, 0.717) is 23.3 Å². The molecule has 5 nitrogen and oxygen atoms in total. The second-order valence-electron chi connectivity index (χ2n) is 8.95. The average molecular weight is 448 g/mol. The van der Waals surface area contributed by atoms with Gasteiger partial charge in [-0.3, -0.25) is 0 Å². The lowest BCUT2D eigenvalue weighted by Crippen LogP contribution is -2.55. The van der Waals surface area contributed by atoms with Crippen LogP contribution in [-0.2, 0) is 5.92 Å². The van der Waals surface area contributed by atoms with Crippen molar-refractivity contribution >= 4 is 11.3 Å². The van der Waals surface area contributed by atoms with Gasteiger partial charge in [-0.25, -0.2) is 18.3 Å². The second-order valence-corrected chi connectivity index (χ2v) is 8.95. The van der Waals surface area contributed by atoms with Crippen molar-refractivity contribution in [1.29, 1.82) is 0 Å². The van der Waals surface area contributed by atoms with Gasteiger partial charge in [-0.05, 0) is 43.2 Å². The van der Waals surface area contributed by atoms with Gasteiger partial charge in [0, 0.05) is 66.9 Å². The third-order valence-electron chi connectivity index (χ3n) is 6.36. The largest absolute Gasteiger partial charge is 0.364 e. The summed E-state index contributed by atoms with van der Waals surface area (Å²) in [6.45, 7) is 7.34. The maximum Gasteiger partial charge on any atom is 0.270 e. The highest BCUT2D eigenvalue weighted by Gasteiger charge is 2.25. The van der Waals surface area contributed by atoms with Crippen LogP contribution in [0.15, 0.2) is 67.1 Å². The van der Waals surface area contributed by atoms with Gasteiger partial charge in [0.2, 0.25) is 0 Å². The van der Waals surface area contributed by atoms with Crippen LogP contribution in [0.3, 0.4) is 0 Å². The molecule has 4 aromatic rings. The third-order valence-corrected chi connectivity index (χ3v) is 6.36. The fourth-order valence-electron chi connectivity index (χ4n) is 4.65. The normalized spacial score (nSPS) is 19.2. The number of anilines is 1. The molecule has 0 aliphatic carbocycles. The number of nitrogens with one attached hydrogen (secondary N) is 1. The van der Waals surface area contributed by atoms with Crippen molar-refractivity contribution in [2.75, 3.05) is 18.0 Å². The predicted octanol–water partition coefficient (Wildman–Crippen LogP) is 5.36. The van der Waals surface area contributed by atoms with Gasteiger partial charge in [-0.2, -0.15) is 5.10 Å². The van der Waals surface area contributed by atoms with E-state index >= 15 is 0 Å². The van der Waals surface area contributed by atoms with Crippen LogP contribution in [0.25, 0.3) is 27.9 Å². The van der Waals surface area contributed by atoms with E-state index in [1.54, 1.807) is 22.8 Å². The minimum absolute atomic E-state index is 0.0239. The van der Waals surface area contributed by atoms with Crippen molar-refractivity contribution in [1.82, 2.24) is 19.9 Å². The Hall–Kier alpha value is -3.32. The van der Waals surface area contributed by atoms with Crippen LogP contribution < -0.4 is 10.2 Å². The van der Waals surface area contributed by atoms with E-state index in [2.05, 4.69) is 58.4 Å². The maximum absolute atomic E-state index is 13.8. The molecule has 170 valence electrons. The standard InChI is InChI=1S/C26H27F2N5/c1-17-12-29-13-18(2)33(17)23-9-7-19(8-10-23)21-14-30-25-24(15-31-32(25)16-21)20-5-4-6-22(11-20)26(3,27)28/h4-11,14-18,29H,12-13H2,1-3H3/t17-,18+. The number of fused-ring (bicyclic) bond motifs is 1. The van der Waals surface area contributed by atoms with Gasteiger partial charge in [0.25, 0.3) is 5.92 Å². The first-order valence-electron chi connectivity index (χ1n) is 11.2. The van der Waals surface area contributed by atoms with Crippen molar-refractivity contribution in [3.05, 3.63) is 72.7 Å². The Labute approximate surface area is 192 Å². The number of rotatable bonds is 4. The molecule has 0 saturated carbocycles. The van der Waals surface area contributed by atoms with E-state index in [0.717, 1.165) is 36.7 Å². The zero-order valence-electron chi connectivity index (χ0n) is 19.0. The summed E-state index contributed by atoms with van der Waals surface area (Å²) in [4.78, 5) is 7.07.